The normalized spacial score (nSPS) is 10.1. The van der Waals surface area contributed by atoms with E-state index in [0.29, 0.717) is 5.75 Å². The number of benzene rings is 1. The number of rotatable bonds is 4. The molecule has 0 saturated heterocycles. The van der Waals surface area contributed by atoms with E-state index in [-0.39, 0.29) is 17.9 Å². The fourth-order valence-corrected chi connectivity index (χ4v) is 1.69. The number of hydrogen-bond acceptors (Lipinski definition) is 4. The zero-order chi connectivity index (χ0) is 14.5. The molecule has 5 nitrogen and oxygen atoms in total. The molecular weight excluding hydrogens is 261 g/mol. The minimum Gasteiger partial charge on any atom is -0.497 e. The summed E-state index contributed by atoms with van der Waals surface area (Å²) in [6.45, 7) is 0.284. The van der Waals surface area contributed by atoms with Crippen LogP contribution < -0.4 is 15.8 Å². The Morgan fingerprint density at radius 2 is 2.25 bits per heavy atom. The topological polar surface area (TPSA) is 77.2 Å². The van der Waals surface area contributed by atoms with Gasteiger partial charge in [-0.15, -0.1) is 0 Å². The van der Waals surface area contributed by atoms with Crippen molar-refractivity contribution in [3.63, 3.8) is 0 Å². The monoisotopic (exact) mass is 275 g/mol. The van der Waals surface area contributed by atoms with E-state index >= 15 is 0 Å². The molecule has 0 aliphatic carbocycles. The zero-order valence-corrected chi connectivity index (χ0v) is 10.9. The molecule has 0 atom stereocenters. The fraction of sp³-hybridized carbons (Fsp3) is 0.143. The fourth-order valence-electron chi connectivity index (χ4n) is 1.69. The molecule has 0 aliphatic rings. The molecule has 1 amide bonds. The lowest BCUT2D eigenvalue weighted by Crippen LogP contribution is -2.24. The number of carbonyl (C=O) groups is 1. The first-order valence-corrected chi connectivity index (χ1v) is 5.92. The van der Waals surface area contributed by atoms with Crippen LogP contribution in [-0.2, 0) is 6.54 Å². The van der Waals surface area contributed by atoms with Gasteiger partial charge < -0.3 is 15.8 Å². The number of anilines is 1. The molecule has 2 rings (SSSR count). The smallest absolute Gasteiger partial charge is 0.255 e. The number of nitrogens with one attached hydrogen (secondary N) is 1. The van der Waals surface area contributed by atoms with Crippen LogP contribution in [-0.4, -0.2) is 18.0 Å². The molecule has 2 aromatic rings. The Kier molecular flexibility index (Phi) is 4.14. The number of nitrogens with zero attached hydrogens (tertiary/aromatic N) is 1. The average molecular weight is 275 g/mol. The second kappa shape index (κ2) is 6.01. The van der Waals surface area contributed by atoms with Crippen LogP contribution in [0.2, 0.25) is 0 Å². The van der Waals surface area contributed by atoms with Crippen LogP contribution in [0.25, 0.3) is 0 Å². The van der Waals surface area contributed by atoms with Crippen molar-refractivity contribution in [2.45, 2.75) is 6.54 Å². The van der Waals surface area contributed by atoms with Crippen LogP contribution in [0.3, 0.4) is 0 Å². The van der Waals surface area contributed by atoms with Gasteiger partial charge in [-0.3, -0.25) is 4.79 Å². The van der Waals surface area contributed by atoms with Gasteiger partial charge in [-0.1, -0.05) is 12.1 Å². The Labute approximate surface area is 115 Å². The number of pyridine rings is 1. The number of hydrogen-bond donors (Lipinski definition) is 2. The van der Waals surface area contributed by atoms with Crippen LogP contribution in [0, 0.1) is 5.82 Å². The number of aromatic nitrogens is 1. The number of amides is 1. The molecule has 0 radical (unpaired) electrons. The summed E-state index contributed by atoms with van der Waals surface area (Å²) in [6.07, 6.45) is 0.966. The van der Waals surface area contributed by atoms with E-state index in [1.54, 1.807) is 19.2 Å². The highest BCUT2D eigenvalue weighted by molar-refractivity contribution is 5.98. The molecule has 0 unspecified atom stereocenters. The van der Waals surface area contributed by atoms with Gasteiger partial charge in [-0.25, -0.2) is 9.37 Å². The first-order chi connectivity index (χ1) is 9.60. The molecule has 0 spiro atoms. The predicted octanol–water partition coefficient (Wildman–Crippen LogP) is 1.74. The minimum atomic E-state index is -0.606. The highest BCUT2D eigenvalue weighted by Crippen LogP contribution is 2.13. The van der Waals surface area contributed by atoms with E-state index in [1.807, 2.05) is 12.1 Å². The maximum absolute atomic E-state index is 13.1. The third-order valence-corrected chi connectivity index (χ3v) is 2.72. The van der Waals surface area contributed by atoms with Crippen molar-refractivity contribution in [3.05, 3.63) is 53.5 Å². The summed E-state index contributed by atoms with van der Waals surface area (Å²) in [5.41, 5.74) is 6.43. The van der Waals surface area contributed by atoms with Crippen LogP contribution >= 0.6 is 0 Å². The van der Waals surface area contributed by atoms with E-state index in [4.69, 9.17) is 10.5 Å². The quantitative estimate of drug-likeness (QED) is 0.891. The number of methoxy groups -OCH3 is 1. The summed E-state index contributed by atoms with van der Waals surface area (Å²) in [5, 5.41) is 2.65. The summed E-state index contributed by atoms with van der Waals surface area (Å²) in [6, 6.07) is 8.32. The molecular formula is C14H14FN3O2. The second-order valence-corrected chi connectivity index (χ2v) is 4.12. The molecule has 0 saturated carbocycles. The number of ether oxygens (including phenoxy) is 1. The molecule has 20 heavy (non-hydrogen) atoms. The van der Waals surface area contributed by atoms with Crippen molar-refractivity contribution >= 4 is 11.7 Å². The van der Waals surface area contributed by atoms with Gasteiger partial charge in [0.05, 0.1) is 18.9 Å². The standard InChI is InChI=1S/C14H14FN3O2/c1-20-11-4-2-3-9(5-11)7-18-14(19)12-6-10(15)8-17-13(12)16/h2-6,8H,7H2,1H3,(H2,16,17)(H,18,19). The Balaban J connectivity index is 2.06. The Bertz CT molecular complexity index is 632. The number of nitrogens with two attached hydrogens (primary N) is 1. The van der Waals surface area contributed by atoms with Gasteiger partial charge >= 0.3 is 0 Å². The van der Waals surface area contributed by atoms with E-state index in [9.17, 15) is 9.18 Å². The molecule has 1 aromatic heterocycles. The Morgan fingerprint density at radius 1 is 1.45 bits per heavy atom. The van der Waals surface area contributed by atoms with Gasteiger partial charge in [0.25, 0.3) is 5.91 Å². The molecule has 1 aromatic carbocycles. The first kappa shape index (κ1) is 13.8. The summed E-state index contributed by atoms with van der Waals surface area (Å²) < 4.78 is 18.1. The molecule has 104 valence electrons. The van der Waals surface area contributed by atoms with E-state index in [0.717, 1.165) is 17.8 Å². The molecule has 0 aliphatic heterocycles. The van der Waals surface area contributed by atoms with Crippen molar-refractivity contribution in [1.82, 2.24) is 10.3 Å². The summed E-state index contributed by atoms with van der Waals surface area (Å²) in [5.74, 6) is -0.388. The maximum Gasteiger partial charge on any atom is 0.255 e. The zero-order valence-electron chi connectivity index (χ0n) is 10.9. The second-order valence-electron chi connectivity index (χ2n) is 4.12. The van der Waals surface area contributed by atoms with Crippen molar-refractivity contribution in [2.75, 3.05) is 12.8 Å². The first-order valence-electron chi connectivity index (χ1n) is 5.92. The van der Waals surface area contributed by atoms with Crippen LogP contribution in [0.5, 0.6) is 5.75 Å². The molecule has 0 bridgehead atoms. The predicted molar refractivity (Wildman–Crippen MR) is 72.8 cm³/mol. The highest BCUT2D eigenvalue weighted by atomic mass is 19.1. The Morgan fingerprint density at radius 3 is 3.00 bits per heavy atom. The van der Waals surface area contributed by atoms with Gasteiger partial charge in [0.2, 0.25) is 0 Å². The lowest BCUT2D eigenvalue weighted by molar-refractivity contribution is 0.0951. The summed E-state index contributed by atoms with van der Waals surface area (Å²) in [4.78, 5) is 15.5. The number of nitrogen functional groups attached to an aromatic ring is 1. The van der Waals surface area contributed by atoms with E-state index in [1.165, 1.54) is 0 Å². The maximum atomic E-state index is 13.1. The summed E-state index contributed by atoms with van der Waals surface area (Å²) >= 11 is 0. The van der Waals surface area contributed by atoms with Gasteiger partial charge in [0, 0.05) is 6.54 Å². The molecule has 3 N–H and O–H groups in total. The van der Waals surface area contributed by atoms with Gasteiger partial charge in [0.15, 0.2) is 0 Å². The SMILES string of the molecule is COc1cccc(CNC(=O)c2cc(F)cnc2N)c1. The number of halogens is 1. The molecule has 0 fully saturated rings. The van der Waals surface area contributed by atoms with Crippen LogP contribution in [0.4, 0.5) is 10.2 Å². The van der Waals surface area contributed by atoms with Crippen LogP contribution in [0.15, 0.2) is 36.5 Å². The largest absolute Gasteiger partial charge is 0.497 e. The Hall–Kier alpha value is -2.63. The highest BCUT2D eigenvalue weighted by Gasteiger charge is 2.11. The minimum absolute atomic E-state index is 0.00505. The van der Waals surface area contributed by atoms with Crippen molar-refractivity contribution in [1.29, 1.82) is 0 Å². The lowest BCUT2D eigenvalue weighted by Gasteiger charge is -2.08. The van der Waals surface area contributed by atoms with E-state index in [2.05, 4.69) is 10.3 Å². The third-order valence-electron chi connectivity index (χ3n) is 2.72. The molecule has 1 heterocycles. The van der Waals surface area contributed by atoms with Crippen molar-refractivity contribution in [2.24, 2.45) is 0 Å². The van der Waals surface area contributed by atoms with Crippen LogP contribution in [0.1, 0.15) is 15.9 Å². The van der Waals surface area contributed by atoms with E-state index < -0.39 is 11.7 Å². The van der Waals surface area contributed by atoms with Gasteiger partial charge in [-0.2, -0.15) is 0 Å². The third kappa shape index (κ3) is 3.23. The van der Waals surface area contributed by atoms with Gasteiger partial charge in [0.1, 0.15) is 17.4 Å². The van der Waals surface area contributed by atoms with Gasteiger partial charge in [-0.05, 0) is 23.8 Å². The summed E-state index contributed by atoms with van der Waals surface area (Å²) in [7, 11) is 1.57. The average Bonchev–Trinajstić information content (AvgIpc) is 2.47. The van der Waals surface area contributed by atoms with Crippen molar-refractivity contribution in [3.8, 4) is 5.75 Å². The lowest BCUT2D eigenvalue weighted by atomic mass is 10.2. The van der Waals surface area contributed by atoms with Crippen molar-refractivity contribution < 1.29 is 13.9 Å². The number of carbonyl (C=O) groups excluding carboxylic acids is 1. The molecule has 6 heteroatoms.